The molecular weight excluding hydrogens is 216 g/mol. The minimum Gasteiger partial charge on any atom is -0.492 e. The molecule has 0 saturated carbocycles. The molecule has 0 fully saturated rings. The maximum absolute atomic E-state index is 5.89. The Hall–Kier alpha value is -0.340. The van der Waals surface area contributed by atoms with Crippen molar-refractivity contribution < 1.29 is 4.74 Å². The summed E-state index contributed by atoms with van der Waals surface area (Å²) in [5.74, 6) is 0.940. The van der Waals surface area contributed by atoms with Crippen LogP contribution < -0.4 is 4.74 Å². The molecule has 78 valence electrons. The molecule has 0 saturated heterocycles. The summed E-state index contributed by atoms with van der Waals surface area (Å²) in [5.41, 5.74) is 0. The lowest BCUT2D eigenvalue weighted by atomic mass is 10.3. The van der Waals surface area contributed by atoms with Crippen LogP contribution in [0.2, 0.25) is 5.02 Å². The van der Waals surface area contributed by atoms with Gasteiger partial charge in [-0.25, -0.2) is 0 Å². The van der Waals surface area contributed by atoms with E-state index in [1.807, 2.05) is 24.5 Å². The minimum atomic E-state index is 0.761. The number of halogens is 1. The van der Waals surface area contributed by atoms with Crippen molar-refractivity contribution in [1.82, 2.24) is 0 Å². The Morgan fingerprint density at radius 1 is 1.43 bits per heavy atom. The van der Waals surface area contributed by atoms with Gasteiger partial charge in [0, 0.05) is 5.02 Å². The van der Waals surface area contributed by atoms with Crippen LogP contribution in [0, 0.1) is 0 Å². The molecule has 0 aliphatic rings. The molecule has 1 nitrogen and oxygen atoms in total. The fourth-order valence-corrected chi connectivity index (χ4v) is 1.90. The monoisotopic (exact) mass is 230 g/mol. The van der Waals surface area contributed by atoms with Crippen molar-refractivity contribution in [3.63, 3.8) is 0 Å². The summed E-state index contributed by atoms with van der Waals surface area (Å²) in [7, 11) is 0. The van der Waals surface area contributed by atoms with Gasteiger partial charge in [-0.3, -0.25) is 0 Å². The average Bonchev–Trinajstić information content (AvgIpc) is 2.20. The third-order valence-corrected chi connectivity index (χ3v) is 2.88. The predicted molar refractivity (Wildman–Crippen MR) is 63.6 cm³/mol. The first-order chi connectivity index (χ1) is 6.77. The number of hydrogen-bond donors (Lipinski definition) is 0. The molecule has 1 aromatic rings. The molecule has 0 aromatic heterocycles. The highest BCUT2D eigenvalue weighted by Crippen LogP contribution is 2.30. The number of hydrogen-bond acceptors (Lipinski definition) is 2. The zero-order chi connectivity index (χ0) is 10.4. The fourth-order valence-electron chi connectivity index (χ4n) is 1.09. The molecule has 1 aromatic carbocycles. The van der Waals surface area contributed by atoms with E-state index in [2.05, 4.69) is 6.92 Å². The summed E-state index contributed by atoms with van der Waals surface area (Å²) >= 11 is 7.55. The van der Waals surface area contributed by atoms with Crippen LogP contribution in [0.5, 0.6) is 5.75 Å². The van der Waals surface area contributed by atoms with Gasteiger partial charge in [0.25, 0.3) is 0 Å². The molecule has 0 amide bonds. The maximum atomic E-state index is 5.89. The summed E-state index contributed by atoms with van der Waals surface area (Å²) < 4.78 is 5.64. The van der Waals surface area contributed by atoms with Crippen LogP contribution in [0.25, 0.3) is 0 Å². The van der Waals surface area contributed by atoms with E-state index in [0.717, 1.165) is 35.1 Å². The number of unbranched alkanes of at least 4 members (excludes halogenated alkanes) is 1. The van der Waals surface area contributed by atoms with Crippen molar-refractivity contribution in [3.8, 4) is 5.75 Å². The zero-order valence-corrected chi connectivity index (χ0v) is 10.1. The van der Waals surface area contributed by atoms with Gasteiger partial charge in [0.15, 0.2) is 0 Å². The van der Waals surface area contributed by atoms with Crippen LogP contribution >= 0.6 is 23.4 Å². The normalized spacial score (nSPS) is 10.2. The van der Waals surface area contributed by atoms with Crippen molar-refractivity contribution in [1.29, 1.82) is 0 Å². The summed E-state index contributed by atoms with van der Waals surface area (Å²) in [6.45, 7) is 2.94. The Morgan fingerprint density at radius 3 is 2.86 bits per heavy atom. The maximum Gasteiger partial charge on any atom is 0.132 e. The van der Waals surface area contributed by atoms with E-state index in [4.69, 9.17) is 16.3 Å². The predicted octanol–water partition coefficient (Wildman–Crippen LogP) is 4.24. The highest BCUT2D eigenvalue weighted by atomic mass is 35.5. The van der Waals surface area contributed by atoms with Gasteiger partial charge in [0.2, 0.25) is 0 Å². The molecule has 0 unspecified atom stereocenters. The smallest absolute Gasteiger partial charge is 0.132 e. The second kappa shape index (κ2) is 6.20. The van der Waals surface area contributed by atoms with Crippen LogP contribution in [0.3, 0.4) is 0 Å². The molecule has 0 aliphatic heterocycles. The van der Waals surface area contributed by atoms with Crippen molar-refractivity contribution in [2.24, 2.45) is 0 Å². The Bertz CT molecular complexity index is 289. The number of thioether (sulfide) groups is 1. The summed E-state index contributed by atoms with van der Waals surface area (Å²) in [6.07, 6.45) is 4.27. The van der Waals surface area contributed by atoms with Crippen LogP contribution in [-0.2, 0) is 0 Å². The molecular formula is C11H15ClOS. The second-order valence-corrected chi connectivity index (χ2v) is 4.28. The van der Waals surface area contributed by atoms with Crippen molar-refractivity contribution in [3.05, 3.63) is 23.2 Å². The van der Waals surface area contributed by atoms with Gasteiger partial charge in [-0.1, -0.05) is 24.9 Å². The minimum absolute atomic E-state index is 0.761. The summed E-state index contributed by atoms with van der Waals surface area (Å²) in [6, 6.07) is 5.74. The first-order valence-electron chi connectivity index (χ1n) is 4.74. The van der Waals surface area contributed by atoms with Gasteiger partial charge >= 0.3 is 0 Å². The van der Waals surface area contributed by atoms with Gasteiger partial charge in [0.1, 0.15) is 5.75 Å². The molecule has 0 atom stereocenters. The molecule has 14 heavy (non-hydrogen) atoms. The number of ether oxygens (including phenoxy) is 1. The molecule has 0 N–H and O–H groups in total. The summed E-state index contributed by atoms with van der Waals surface area (Å²) in [5, 5.41) is 0.761. The number of benzene rings is 1. The quantitative estimate of drug-likeness (QED) is 0.553. The van der Waals surface area contributed by atoms with Crippen LogP contribution in [0.1, 0.15) is 19.8 Å². The molecule has 3 heteroatoms. The average molecular weight is 231 g/mol. The topological polar surface area (TPSA) is 9.23 Å². The third kappa shape index (κ3) is 3.43. The van der Waals surface area contributed by atoms with E-state index in [-0.39, 0.29) is 0 Å². The first kappa shape index (κ1) is 11.7. The van der Waals surface area contributed by atoms with Gasteiger partial charge in [-0.05, 0) is 30.9 Å². The Labute approximate surface area is 94.8 Å². The van der Waals surface area contributed by atoms with Crippen molar-refractivity contribution >= 4 is 23.4 Å². The molecule has 0 heterocycles. The molecule has 1 rings (SSSR count). The molecule has 0 aliphatic carbocycles. The Morgan fingerprint density at radius 2 is 2.21 bits per heavy atom. The van der Waals surface area contributed by atoms with E-state index in [9.17, 15) is 0 Å². The lowest BCUT2D eigenvalue weighted by Gasteiger charge is -2.09. The Balaban J connectivity index is 2.65. The highest BCUT2D eigenvalue weighted by molar-refractivity contribution is 7.98. The van der Waals surface area contributed by atoms with E-state index >= 15 is 0 Å². The molecule has 0 spiro atoms. The van der Waals surface area contributed by atoms with Crippen LogP contribution in [-0.4, -0.2) is 12.9 Å². The highest BCUT2D eigenvalue weighted by Gasteiger charge is 2.02. The molecule has 0 radical (unpaired) electrons. The first-order valence-corrected chi connectivity index (χ1v) is 6.34. The van der Waals surface area contributed by atoms with Gasteiger partial charge in [-0.15, -0.1) is 11.8 Å². The van der Waals surface area contributed by atoms with Crippen molar-refractivity contribution in [2.75, 3.05) is 12.9 Å². The lowest BCUT2D eigenvalue weighted by molar-refractivity contribution is 0.302. The largest absolute Gasteiger partial charge is 0.492 e. The van der Waals surface area contributed by atoms with E-state index in [1.54, 1.807) is 11.8 Å². The van der Waals surface area contributed by atoms with Gasteiger partial charge in [-0.2, -0.15) is 0 Å². The van der Waals surface area contributed by atoms with Crippen LogP contribution in [0.4, 0.5) is 0 Å². The van der Waals surface area contributed by atoms with E-state index in [0.29, 0.717) is 0 Å². The summed E-state index contributed by atoms with van der Waals surface area (Å²) in [4.78, 5) is 1.11. The lowest BCUT2D eigenvalue weighted by Crippen LogP contribution is -1.97. The van der Waals surface area contributed by atoms with Crippen LogP contribution in [0.15, 0.2) is 23.1 Å². The fraction of sp³-hybridized carbons (Fsp3) is 0.455. The Kier molecular flexibility index (Phi) is 5.20. The van der Waals surface area contributed by atoms with Gasteiger partial charge in [0.05, 0.1) is 11.5 Å². The van der Waals surface area contributed by atoms with E-state index < -0.39 is 0 Å². The third-order valence-electron chi connectivity index (χ3n) is 1.88. The zero-order valence-electron chi connectivity index (χ0n) is 8.55. The molecule has 0 bridgehead atoms. The van der Waals surface area contributed by atoms with Crippen molar-refractivity contribution in [2.45, 2.75) is 24.7 Å². The van der Waals surface area contributed by atoms with Gasteiger partial charge < -0.3 is 4.74 Å². The standard InChI is InChI=1S/C11H15ClOS/c1-3-4-7-13-10-6-5-9(12)8-11(10)14-2/h5-6,8H,3-4,7H2,1-2H3. The SMILES string of the molecule is CCCCOc1ccc(Cl)cc1SC. The second-order valence-electron chi connectivity index (χ2n) is 3.00. The number of rotatable bonds is 5. The van der Waals surface area contributed by atoms with E-state index in [1.165, 1.54) is 0 Å².